The highest BCUT2D eigenvalue weighted by molar-refractivity contribution is 5.86. The van der Waals surface area contributed by atoms with E-state index in [2.05, 4.69) is 19.9 Å². The fourth-order valence-electron chi connectivity index (χ4n) is 8.40. The molecule has 7 atom stereocenters. The van der Waals surface area contributed by atoms with Gasteiger partial charge in [0, 0.05) is 18.3 Å². The minimum Gasteiger partial charge on any atom is -0.494 e. The average molecular weight is 483 g/mol. The van der Waals surface area contributed by atoms with Gasteiger partial charge in [-0.1, -0.05) is 37.6 Å². The number of aliphatic hydroxyl groups is 2. The summed E-state index contributed by atoms with van der Waals surface area (Å²) in [6.45, 7) is 9.10. The molecule has 4 aliphatic carbocycles. The van der Waals surface area contributed by atoms with Crippen LogP contribution in [0.2, 0.25) is 0 Å². The van der Waals surface area contributed by atoms with Crippen molar-refractivity contribution in [1.29, 1.82) is 0 Å². The van der Waals surface area contributed by atoms with Gasteiger partial charge >= 0.3 is 0 Å². The number of allylic oxidation sites excluding steroid dienone is 1. The fraction of sp³-hybridized carbons (Fsp3) is 0.700. The monoisotopic (exact) mass is 482 g/mol. The van der Waals surface area contributed by atoms with Crippen LogP contribution in [0.4, 0.5) is 0 Å². The van der Waals surface area contributed by atoms with E-state index < -0.39 is 11.4 Å². The van der Waals surface area contributed by atoms with Crippen molar-refractivity contribution in [1.82, 2.24) is 0 Å². The predicted octanol–water partition coefficient (Wildman–Crippen LogP) is 5.57. The average Bonchev–Trinajstić information content (AvgIpc) is 3.11. The first kappa shape index (κ1) is 25.0. The van der Waals surface area contributed by atoms with Crippen LogP contribution in [0, 0.1) is 28.6 Å². The molecule has 192 valence electrons. The standard InChI is InChI=1S/C30H42O5/c1-5-34-23-9-6-21(7-10-23)19-35-29(32)17-16-27(3)22(18-29)8-11-24-25(27)12-14-28(4)26(24)13-15-30(28,33)20(2)31/h6-10,24-26,32-33H,5,11-19H2,1-4H3/t24-,25+,26+,27+,28+,29-,30+/m1/s1. The first-order chi connectivity index (χ1) is 16.5. The van der Waals surface area contributed by atoms with Crippen molar-refractivity contribution < 1.29 is 24.5 Å². The lowest BCUT2D eigenvalue weighted by atomic mass is 9.46. The van der Waals surface area contributed by atoms with Crippen LogP contribution in [0.15, 0.2) is 35.9 Å². The Morgan fingerprint density at radius 2 is 1.74 bits per heavy atom. The lowest BCUT2D eigenvalue weighted by Gasteiger charge is -2.59. The minimum atomic E-state index is -1.17. The van der Waals surface area contributed by atoms with Gasteiger partial charge in [0.1, 0.15) is 11.4 Å². The molecule has 0 aliphatic heterocycles. The Kier molecular flexibility index (Phi) is 6.22. The van der Waals surface area contributed by atoms with Crippen LogP contribution in [0.5, 0.6) is 5.75 Å². The summed E-state index contributed by atoms with van der Waals surface area (Å²) in [7, 11) is 0. The van der Waals surface area contributed by atoms with E-state index in [1.54, 1.807) is 6.92 Å². The smallest absolute Gasteiger partial charge is 0.169 e. The zero-order chi connectivity index (χ0) is 25.1. The Labute approximate surface area is 209 Å². The summed E-state index contributed by atoms with van der Waals surface area (Å²) in [6.07, 6.45) is 8.88. The SMILES string of the molecule is CCOc1ccc(CO[C@]2(O)CC[C@@]3(C)C(=CC[C@@H]4[C@@H]3CC[C@@]3(C)[C@H]4CC[C@]3(O)C(C)=O)C2)cc1. The molecular formula is C30H42O5. The molecule has 5 rings (SSSR count). The molecule has 1 aromatic rings. The molecule has 4 aliphatic rings. The van der Waals surface area contributed by atoms with E-state index in [-0.39, 0.29) is 16.6 Å². The second kappa shape index (κ2) is 8.71. The molecule has 2 N–H and O–H groups in total. The molecule has 0 bridgehead atoms. The zero-order valence-electron chi connectivity index (χ0n) is 21.8. The van der Waals surface area contributed by atoms with Crippen LogP contribution in [-0.4, -0.2) is 34.0 Å². The lowest BCUT2D eigenvalue weighted by Crippen LogP contribution is -2.57. The van der Waals surface area contributed by atoms with Crippen LogP contribution in [-0.2, 0) is 16.1 Å². The van der Waals surface area contributed by atoms with E-state index in [0.717, 1.165) is 43.4 Å². The molecule has 0 amide bonds. The zero-order valence-corrected chi connectivity index (χ0v) is 21.8. The molecule has 0 heterocycles. The molecule has 0 radical (unpaired) electrons. The van der Waals surface area contributed by atoms with E-state index in [1.807, 2.05) is 31.2 Å². The minimum absolute atomic E-state index is 0.0515. The number of Topliss-reactive ketones (excluding diaryl/α,β-unsaturated/α-hetero) is 1. The Balaban J connectivity index is 1.30. The third-order valence-electron chi connectivity index (χ3n) is 10.6. The van der Waals surface area contributed by atoms with Crippen molar-refractivity contribution in [3.8, 4) is 5.75 Å². The molecule has 0 unspecified atom stereocenters. The highest BCUT2D eigenvalue weighted by Crippen LogP contribution is 2.67. The number of ketones is 1. The molecule has 3 fully saturated rings. The van der Waals surface area contributed by atoms with Gasteiger partial charge in [-0.05, 0) is 93.2 Å². The summed E-state index contributed by atoms with van der Waals surface area (Å²) < 4.78 is 11.6. The topological polar surface area (TPSA) is 76.0 Å². The quantitative estimate of drug-likeness (QED) is 0.409. The van der Waals surface area contributed by atoms with Crippen LogP contribution in [0.3, 0.4) is 0 Å². The largest absolute Gasteiger partial charge is 0.494 e. The van der Waals surface area contributed by atoms with Gasteiger partial charge in [-0.3, -0.25) is 4.79 Å². The summed E-state index contributed by atoms with van der Waals surface area (Å²) in [5.41, 5.74) is 0.921. The van der Waals surface area contributed by atoms with E-state index in [4.69, 9.17) is 9.47 Å². The molecule has 0 saturated heterocycles. The first-order valence-corrected chi connectivity index (χ1v) is 13.6. The molecular weight excluding hydrogens is 440 g/mol. The number of fused-ring (bicyclic) bond motifs is 5. The molecule has 5 heteroatoms. The van der Waals surface area contributed by atoms with Crippen LogP contribution in [0.1, 0.15) is 84.6 Å². The second-order valence-corrected chi connectivity index (χ2v) is 12.2. The third kappa shape index (κ3) is 3.89. The van der Waals surface area contributed by atoms with Crippen molar-refractivity contribution in [2.75, 3.05) is 6.61 Å². The van der Waals surface area contributed by atoms with Crippen molar-refractivity contribution in [2.24, 2.45) is 28.6 Å². The molecule has 3 saturated carbocycles. The summed E-state index contributed by atoms with van der Waals surface area (Å²) in [5.74, 6) is 1.05. The highest BCUT2D eigenvalue weighted by Gasteiger charge is 2.65. The Bertz CT molecular complexity index is 1000. The van der Waals surface area contributed by atoms with Gasteiger partial charge in [-0.2, -0.15) is 0 Å². The van der Waals surface area contributed by atoms with E-state index >= 15 is 0 Å². The van der Waals surface area contributed by atoms with Crippen molar-refractivity contribution in [3.63, 3.8) is 0 Å². The van der Waals surface area contributed by atoms with Crippen LogP contribution >= 0.6 is 0 Å². The maximum Gasteiger partial charge on any atom is 0.169 e. The van der Waals surface area contributed by atoms with E-state index in [0.29, 0.717) is 50.2 Å². The number of ether oxygens (including phenoxy) is 2. The van der Waals surface area contributed by atoms with Gasteiger partial charge in [-0.15, -0.1) is 0 Å². The van der Waals surface area contributed by atoms with Gasteiger partial charge in [0.05, 0.1) is 13.2 Å². The number of hydrogen-bond acceptors (Lipinski definition) is 5. The summed E-state index contributed by atoms with van der Waals surface area (Å²) in [5, 5.41) is 22.7. The van der Waals surface area contributed by atoms with E-state index in [9.17, 15) is 15.0 Å². The summed E-state index contributed by atoms with van der Waals surface area (Å²) in [6, 6.07) is 7.88. The fourth-order valence-corrected chi connectivity index (χ4v) is 8.40. The number of carbonyl (C=O) groups is 1. The number of hydrogen-bond donors (Lipinski definition) is 2. The van der Waals surface area contributed by atoms with Crippen molar-refractivity contribution in [3.05, 3.63) is 41.5 Å². The second-order valence-electron chi connectivity index (χ2n) is 12.2. The predicted molar refractivity (Wildman–Crippen MR) is 135 cm³/mol. The molecule has 0 spiro atoms. The summed E-state index contributed by atoms with van der Waals surface area (Å²) >= 11 is 0. The van der Waals surface area contributed by atoms with Gasteiger partial charge in [0.2, 0.25) is 0 Å². The molecule has 35 heavy (non-hydrogen) atoms. The van der Waals surface area contributed by atoms with Crippen molar-refractivity contribution in [2.45, 2.75) is 97.1 Å². The normalized spacial score (nSPS) is 42.5. The Morgan fingerprint density at radius 3 is 2.43 bits per heavy atom. The number of benzene rings is 1. The van der Waals surface area contributed by atoms with Gasteiger partial charge in [0.25, 0.3) is 0 Å². The molecule has 1 aromatic carbocycles. The Morgan fingerprint density at radius 1 is 1.03 bits per heavy atom. The van der Waals surface area contributed by atoms with Gasteiger partial charge in [-0.25, -0.2) is 0 Å². The Hall–Kier alpha value is -1.69. The maximum absolute atomic E-state index is 12.5. The number of carbonyl (C=O) groups excluding carboxylic acids is 1. The number of rotatable bonds is 6. The highest BCUT2D eigenvalue weighted by atomic mass is 16.6. The molecule has 0 aromatic heterocycles. The van der Waals surface area contributed by atoms with Crippen molar-refractivity contribution >= 4 is 5.78 Å². The molecule has 5 nitrogen and oxygen atoms in total. The third-order valence-corrected chi connectivity index (χ3v) is 10.6. The van der Waals surface area contributed by atoms with E-state index in [1.165, 1.54) is 5.57 Å². The summed E-state index contributed by atoms with van der Waals surface area (Å²) in [4.78, 5) is 12.5. The van der Waals surface area contributed by atoms with Gasteiger partial charge in [0.15, 0.2) is 11.6 Å². The maximum atomic E-state index is 12.5. The first-order valence-electron chi connectivity index (χ1n) is 13.6. The van der Waals surface area contributed by atoms with Crippen LogP contribution < -0.4 is 4.74 Å². The van der Waals surface area contributed by atoms with Gasteiger partial charge < -0.3 is 19.7 Å². The van der Waals surface area contributed by atoms with Crippen LogP contribution in [0.25, 0.3) is 0 Å². The lowest BCUT2D eigenvalue weighted by molar-refractivity contribution is -0.232.